The Morgan fingerprint density at radius 1 is 1.33 bits per heavy atom. The van der Waals surface area contributed by atoms with E-state index in [1.807, 2.05) is 26.0 Å². The lowest BCUT2D eigenvalue weighted by Gasteiger charge is -2.13. The van der Waals surface area contributed by atoms with Crippen molar-refractivity contribution < 1.29 is 4.79 Å². The molecule has 0 saturated heterocycles. The number of carbonyl (C=O) groups is 1. The molecular weight excluding hydrogens is 250 g/mol. The average molecular weight is 263 g/mol. The molecule has 94 valence electrons. The molecule has 1 unspecified atom stereocenters. The van der Waals surface area contributed by atoms with Crippen LogP contribution in [0.25, 0.3) is 0 Å². The molecule has 0 aromatic carbocycles. The van der Waals surface area contributed by atoms with Crippen LogP contribution in [0.2, 0.25) is 0 Å². The minimum atomic E-state index is -0.296. The number of rotatable bonds is 3. The Morgan fingerprint density at radius 2 is 2.06 bits per heavy atom. The van der Waals surface area contributed by atoms with Crippen molar-refractivity contribution in [2.75, 3.05) is 5.32 Å². The summed E-state index contributed by atoms with van der Waals surface area (Å²) in [6, 6.07) is 3.33. The van der Waals surface area contributed by atoms with Crippen molar-refractivity contribution in [2.24, 2.45) is 0 Å². The third kappa shape index (κ3) is 3.24. The summed E-state index contributed by atoms with van der Waals surface area (Å²) in [5, 5.41) is 14.4. The Kier molecular flexibility index (Phi) is 3.83. The first kappa shape index (κ1) is 12.4. The third-order valence-corrected chi connectivity index (χ3v) is 3.05. The number of anilines is 1. The summed E-state index contributed by atoms with van der Waals surface area (Å²) in [6.07, 6.45) is 3.39. The number of aromatic nitrogens is 3. The topological polar surface area (TPSA) is 79.8 Å². The molecule has 0 fully saturated rings. The first-order valence-corrected chi connectivity index (χ1v) is 6.24. The molecule has 0 spiro atoms. The number of pyridine rings is 1. The smallest absolute Gasteiger partial charge is 0.321 e. The lowest BCUT2D eigenvalue weighted by molar-refractivity contribution is 0.249. The number of nitrogens with zero attached hydrogens (tertiary/aromatic N) is 3. The Balaban J connectivity index is 1.92. The van der Waals surface area contributed by atoms with Gasteiger partial charge in [0.25, 0.3) is 0 Å². The van der Waals surface area contributed by atoms with Gasteiger partial charge in [0.1, 0.15) is 5.01 Å². The van der Waals surface area contributed by atoms with Gasteiger partial charge in [-0.05, 0) is 31.5 Å². The monoisotopic (exact) mass is 263 g/mol. The first-order valence-electron chi connectivity index (χ1n) is 5.42. The molecule has 2 aromatic heterocycles. The Bertz CT molecular complexity index is 527. The van der Waals surface area contributed by atoms with Crippen LogP contribution >= 0.6 is 11.3 Å². The fourth-order valence-electron chi connectivity index (χ4n) is 1.41. The Morgan fingerprint density at radius 3 is 2.67 bits per heavy atom. The highest BCUT2D eigenvalue weighted by Gasteiger charge is 2.10. The van der Waals surface area contributed by atoms with Gasteiger partial charge in [-0.2, -0.15) is 0 Å². The maximum absolute atomic E-state index is 11.7. The van der Waals surface area contributed by atoms with Crippen LogP contribution in [0.3, 0.4) is 0 Å². The van der Waals surface area contributed by atoms with E-state index in [0.29, 0.717) is 5.13 Å². The highest BCUT2D eigenvalue weighted by atomic mass is 32.1. The number of urea groups is 1. The van der Waals surface area contributed by atoms with Crippen molar-refractivity contribution in [1.29, 1.82) is 0 Å². The second-order valence-electron chi connectivity index (χ2n) is 3.73. The maximum Gasteiger partial charge on any atom is 0.321 e. The fraction of sp³-hybridized carbons (Fsp3) is 0.273. The highest BCUT2D eigenvalue weighted by molar-refractivity contribution is 7.15. The van der Waals surface area contributed by atoms with E-state index in [4.69, 9.17) is 0 Å². The zero-order valence-electron chi connectivity index (χ0n) is 10.0. The van der Waals surface area contributed by atoms with Gasteiger partial charge in [0.2, 0.25) is 5.13 Å². The zero-order chi connectivity index (χ0) is 13.0. The second kappa shape index (κ2) is 5.54. The molecule has 0 aliphatic carbocycles. The summed E-state index contributed by atoms with van der Waals surface area (Å²) < 4.78 is 0. The first-order chi connectivity index (χ1) is 8.65. The van der Waals surface area contributed by atoms with Gasteiger partial charge in [0, 0.05) is 12.4 Å². The lowest BCUT2D eigenvalue weighted by atomic mass is 10.1. The van der Waals surface area contributed by atoms with Gasteiger partial charge in [-0.25, -0.2) is 4.79 Å². The van der Waals surface area contributed by atoms with E-state index in [1.54, 1.807) is 12.4 Å². The van der Waals surface area contributed by atoms with Crippen molar-refractivity contribution in [3.05, 3.63) is 35.1 Å². The van der Waals surface area contributed by atoms with Crippen LogP contribution in [0.5, 0.6) is 0 Å². The molecule has 1 atom stereocenters. The van der Waals surface area contributed by atoms with Crippen LogP contribution in [0.4, 0.5) is 9.93 Å². The molecule has 0 aliphatic heterocycles. The zero-order valence-corrected chi connectivity index (χ0v) is 10.9. The van der Waals surface area contributed by atoms with Crippen molar-refractivity contribution in [3.63, 3.8) is 0 Å². The van der Waals surface area contributed by atoms with Crippen LogP contribution in [0, 0.1) is 6.92 Å². The van der Waals surface area contributed by atoms with Crippen LogP contribution in [-0.4, -0.2) is 21.2 Å². The Labute approximate surface area is 108 Å². The molecule has 7 heteroatoms. The molecule has 0 bridgehead atoms. The molecule has 2 N–H and O–H groups in total. The molecule has 2 rings (SSSR count). The summed E-state index contributed by atoms with van der Waals surface area (Å²) in [5.41, 5.74) is 0.994. The largest absolute Gasteiger partial charge is 0.331 e. The highest BCUT2D eigenvalue weighted by Crippen LogP contribution is 2.14. The number of aryl methyl sites for hydroxylation is 1. The molecule has 0 saturated carbocycles. The molecule has 2 amide bonds. The van der Waals surface area contributed by atoms with Gasteiger partial charge >= 0.3 is 6.03 Å². The van der Waals surface area contributed by atoms with E-state index >= 15 is 0 Å². The standard InChI is InChI=1S/C11H13N5OS/c1-7(9-3-5-12-6-4-9)13-10(17)14-11-16-15-8(2)18-11/h3-7H,1-2H3,(H2,13,14,16,17). The van der Waals surface area contributed by atoms with Crippen molar-refractivity contribution in [2.45, 2.75) is 19.9 Å². The molecular formula is C11H13N5OS. The quantitative estimate of drug-likeness (QED) is 0.889. The molecule has 2 aromatic rings. The second-order valence-corrected chi connectivity index (χ2v) is 4.91. The van der Waals surface area contributed by atoms with Gasteiger partial charge in [-0.3, -0.25) is 10.3 Å². The lowest BCUT2D eigenvalue weighted by Crippen LogP contribution is -2.31. The molecule has 6 nitrogen and oxygen atoms in total. The van der Waals surface area contributed by atoms with E-state index in [9.17, 15) is 4.79 Å². The van der Waals surface area contributed by atoms with Gasteiger partial charge in [0.05, 0.1) is 6.04 Å². The summed E-state index contributed by atoms with van der Waals surface area (Å²) in [4.78, 5) is 15.6. The average Bonchev–Trinajstić information content (AvgIpc) is 2.75. The number of nitrogens with one attached hydrogen (secondary N) is 2. The van der Waals surface area contributed by atoms with Crippen LogP contribution < -0.4 is 10.6 Å². The number of hydrogen-bond donors (Lipinski definition) is 2. The van der Waals surface area contributed by atoms with Gasteiger partial charge in [0.15, 0.2) is 0 Å². The van der Waals surface area contributed by atoms with E-state index in [1.165, 1.54) is 11.3 Å². The predicted octanol–water partition coefficient (Wildman–Crippen LogP) is 2.12. The molecule has 0 aliphatic rings. The normalized spacial score (nSPS) is 11.9. The maximum atomic E-state index is 11.7. The summed E-state index contributed by atoms with van der Waals surface area (Å²) in [5.74, 6) is 0. The third-order valence-electron chi connectivity index (χ3n) is 2.30. The number of amides is 2. The van der Waals surface area contributed by atoms with E-state index in [2.05, 4.69) is 25.8 Å². The summed E-state index contributed by atoms with van der Waals surface area (Å²) >= 11 is 1.33. The van der Waals surface area contributed by atoms with Crippen molar-refractivity contribution in [3.8, 4) is 0 Å². The van der Waals surface area contributed by atoms with Gasteiger partial charge < -0.3 is 5.32 Å². The Hall–Kier alpha value is -2.02. The number of carbonyl (C=O) groups excluding carboxylic acids is 1. The molecule has 0 radical (unpaired) electrons. The van der Waals surface area contributed by atoms with E-state index in [-0.39, 0.29) is 12.1 Å². The fourth-order valence-corrected chi connectivity index (χ4v) is 2.00. The van der Waals surface area contributed by atoms with Gasteiger partial charge in [-0.15, -0.1) is 10.2 Å². The molecule has 18 heavy (non-hydrogen) atoms. The molecule has 2 heterocycles. The minimum Gasteiger partial charge on any atom is -0.331 e. The van der Waals surface area contributed by atoms with Crippen molar-refractivity contribution in [1.82, 2.24) is 20.5 Å². The minimum absolute atomic E-state index is 0.0954. The van der Waals surface area contributed by atoms with Crippen LogP contribution in [0.15, 0.2) is 24.5 Å². The van der Waals surface area contributed by atoms with E-state index < -0.39 is 0 Å². The van der Waals surface area contributed by atoms with Gasteiger partial charge in [-0.1, -0.05) is 11.3 Å². The summed E-state index contributed by atoms with van der Waals surface area (Å²) in [7, 11) is 0. The summed E-state index contributed by atoms with van der Waals surface area (Å²) in [6.45, 7) is 3.74. The van der Waals surface area contributed by atoms with Crippen molar-refractivity contribution >= 4 is 22.5 Å². The SMILES string of the molecule is Cc1nnc(NC(=O)NC(C)c2ccncc2)s1. The number of hydrogen-bond acceptors (Lipinski definition) is 5. The van der Waals surface area contributed by atoms with Crippen LogP contribution in [-0.2, 0) is 0 Å². The van der Waals surface area contributed by atoms with Crippen LogP contribution in [0.1, 0.15) is 23.5 Å². The predicted molar refractivity (Wildman–Crippen MR) is 69.5 cm³/mol. The van der Waals surface area contributed by atoms with E-state index in [0.717, 1.165) is 10.6 Å².